The molecule has 0 bridgehead atoms. The molecule has 1 unspecified atom stereocenters. The molecule has 4 aliphatic heterocycles. The summed E-state index contributed by atoms with van der Waals surface area (Å²) in [5, 5.41) is 10.7. The van der Waals surface area contributed by atoms with Crippen LogP contribution in [0.2, 0.25) is 0 Å². The fourth-order valence-electron chi connectivity index (χ4n) is 7.62. The Morgan fingerprint density at radius 2 is 1.66 bits per heavy atom. The fraction of sp³-hybridized carbons (Fsp3) is 0.457. The summed E-state index contributed by atoms with van der Waals surface area (Å²) in [5.41, 5.74) is 1.72. The average molecular weight is 616 g/mol. The first-order valence-electron chi connectivity index (χ1n) is 15.5. The Morgan fingerprint density at radius 1 is 0.955 bits per heavy atom. The number of aliphatic hydroxyl groups excluding tert-OH is 1. The number of fused-ring (bicyclic) bond motifs is 2. The zero-order chi connectivity index (χ0) is 31.2. The summed E-state index contributed by atoms with van der Waals surface area (Å²) < 4.78 is 3.66. The highest BCUT2D eigenvalue weighted by atomic mass is 32.2. The highest BCUT2D eigenvalue weighted by Gasteiger charge is 2.74. The van der Waals surface area contributed by atoms with Gasteiger partial charge >= 0.3 is 0 Å². The molecule has 0 radical (unpaired) electrons. The molecule has 3 amide bonds. The molecule has 8 nitrogen and oxygen atoms in total. The lowest BCUT2D eigenvalue weighted by atomic mass is 9.74. The van der Waals surface area contributed by atoms with Crippen molar-refractivity contribution in [3.63, 3.8) is 0 Å². The first-order chi connectivity index (χ1) is 21.2. The summed E-state index contributed by atoms with van der Waals surface area (Å²) in [7, 11) is 1.60. The Bertz CT molecular complexity index is 1480. The molecule has 7 atom stereocenters. The molecule has 2 saturated heterocycles. The van der Waals surface area contributed by atoms with Gasteiger partial charge in [-0.2, -0.15) is 0 Å². The third-order valence-electron chi connectivity index (χ3n) is 10.0. The second kappa shape index (κ2) is 11.7. The molecule has 0 saturated carbocycles. The minimum atomic E-state index is -0.981. The van der Waals surface area contributed by atoms with E-state index in [9.17, 15) is 19.5 Å². The van der Waals surface area contributed by atoms with E-state index >= 15 is 0 Å². The number of rotatable bonds is 8. The molecule has 1 spiro atoms. The number of anilines is 1. The predicted molar refractivity (Wildman–Crippen MR) is 172 cm³/mol. The van der Waals surface area contributed by atoms with Crippen LogP contribution in [0.4, 0.5) is 5.69 Å². The van der Waals surface area contributed by atoms with Crippen molar-refractivity contribution in [2.45, 2.75) is 55.3 Å². The highest BCUT2D eigenvalue weighted by Crippen LogP contribution is 2.66. The lowest BCUT2D eigenvalue weighted by Gasteiger charge is -2.41. The van der Waals surface area contributed by atoms with Gasteiger partial charge in [0.15, 0.2) is 0 Å². The number of carbonyl (C=O) groups is 3. The number of benzene rings is 2. The van der Waals surface area contributed by atoms with Gasteiger partial charge in [-0.05, 0) is 42.7 Å². The molecule has 2 aromatic rings. The minimum Gasteiger partial charge on any atom is -0.497 e. The zero-order valence-electron chi connectivity index (χ0n) is 25.8. The largest absolute Gasteiger partial charge is 0.497 e. The molecule has 4 aliphatic rings. The molecule has 0 aliphatic carbocycles. The number of thioether (sulfide) groups is 1. The summed E-state index contributed by atoms with van der Waals surface area (Å²) in [5.74, 6) is -1.31. The Hall–Kier alpha value is -3.56. The molecule has 2 fully saturated rings. The molecule has 232 valence electrons. The van der Waals surface area contributed by atoms with Crippen LogP contribution in [-0.4, -0.2) is 81.0 Å². The van der Waals surface area contributed by atoms with E-state index < -0.39 is 33.4 Å². The average Bonchev–Trinajstić information content (AvgIpc) is 3.31. The van der Waals surface area contributed by atoms with E-state index in [1.54, 1.807) is 28.7 Å². The Morgan fingerprint density at radius 3 is 2.32 bits per heavy atom. The number of aliphatic hydroxyl groups is 1. The SMILES string of the molecule is CC[C@H](C)[C@H](CO)N1C(=O)[C@@H]2[C@@H]3C(=O)N(Cc4ccccc4)CC=C[C@]3(C)S[C@@]23C=CCN(c2ccc(OC)cc2)C(=O)C13. The van der Waals surface area contributed by atoms with Gasteiger partial charge in [0.25, 0.3) is 5.91 Å². The topological polar surface area (TPSA) is 90.4 Å². The summed E-state index contributed by atoms with van der Waals surface area (Å²) in [6, 6.07) is 15.8. The molecule has 4 heterocycles. The fourth-order valence-corrected chi connectivity index (χ4v) is 9.77. The molecule has 2 aromatic carbocycles. The maximum Gasteiger partial charge on any atom is 0.251 e. The van der Waals surface area contributed by atoms with E-state index in [1.165, 1.54) is 0 Å². The van der Waals surface area contributed by atoms with Crippen molar-refractivity contribution in [1.29, 1.82) is 0 Å². The van der Waals surface area contributed by atoms with Crippen LogP contribution in [0.3, 0.4) is 0 Å². The maximum atomic E-state index is 14.9. The lowest BCUT2D eigenvalue weighted by molar-refractivity contribution is -0.146. The second-order valence-electron chi connectivity index (χ2n) is 12.5. The Kier molecular flexibility index (Phi) is 8.13. The first kappa shape index (κ1) is 30.5. The number of amides is 3. The summed E-state index contributed by atoms with van der Waals surface area (Å²) in [6.45, 7) is 7.02. The normalized spacial score (nSPS) is 30.9. The Labute approximate surface area is 263 Å². The van der Waals surface area contributed by atoms with Gasteiger partial charge in [-0.25, -0.2) is 0 Å². The van der Waals surface area contributed by atoms with Crippen LogP contribution in [0, 0.1) is 17.8 Å². The van der Waals surface area contributed by atoms with Crippen LogP contribution in [-0.2, 0) is 20.9 Å². The van der Waals surface area contributed by atoms with Gasteiger partial charge in [0.1, 0.15) is 11.8 Å². The van der Waals surface area contributed by atoms with Crippen molar-refractivity contribution in [1.82, 2.24) is 9.80 Å². The molecule has 1 N–H and O–H groups in total. The number of nitrogens with zero attached hydrogens (tertiary/aromatic N) is 3. The minimum absolute atomic E-state index is 0.0509. The standard InChI is InChI=1S/C35H41N3O5S/c1-5-23(2)27(22-39)38-30-33(42)37(25-13-15-26(43-4)16-14-25)20-10-18-35(30)29(32(38)41)28-31(40)36(19-9-17-34(28,3)44-35)21-24-11-7-6-8-12-24/h6-18,23,27-30,39H,5,19-22H2,1-4H3/t23-,27-,28+,29-,30?,34-,35-/m0/s1. The smallest absolute Gasteiger partial charge is 0.251 e. The van der Waals surface area contributed by atoms with E-state index in [1.807, 2.05) is 98.5 Å². The van der Waals surface area contributed by atoms with Gasteiger partial charge < -0.3 is 24.5 Å². The van der Waals surface area contributed by atoms with Crippen molar-refractivity contribution in [3.05, 3.63) is 84.5 Å². The maximum absolute atomic E-state index is 14.9. The van der Waals surface area contributed by atoms with Gasteiger partial charge in [-0.1, -0.05) is 74.9 Å². The molecule has 6 rings (SSSR count). The number of hydrogen-bond donors (Lipinski definition) is 1. The number of carbonyl (C=O) groups excluding carboxylic acids is 3. The van der Waals surface area contributed by atoms with Crippen molar-refractivity contribution < 1.29 is 24.2 Å². The molecule has 44 heavy (non-hydrogen) atoms. The molecule has 0 aromatic heterocycles. The monoisotopic (exact) mass is 615 g/mol. The van der Waals surface area contributed by atoms with Crippen LogP contribution in [0.25, 0.3) is 0 Å². The summed E-state index contributed by atoms with van der Waals surface area (Å²) in [6.07, 6.45) is 8.84. The van der Waals surface area contributed by atoms with Gasteiger partial charge in [0.05, 0.1) is 36.3 Å². The van der Waals surface area contributed by atoms with Crippen LogP contribution >= 0.6 is 11.8 Å². The van der Waals surface area contributed by atoms with Crippen molar-refractivity contribution >= 4 is 35.2 Å². The summed E-state index contributed by atoms with van der Waals surface area (Å²) >= 11 is 1.57. The van der Waals surface area contributed by atoms with E-state index in [0.29, 0.717) is 31.1 Å². The molecular weight excluding hydrogens is 574 g/mol. The van der Waals surface area contributed by atoms with Gasteiger partial charge in [0.2, 0.25) is 11.8 Å². The van der Waals surface area contributed by atoms with E-state index in [-0.39, 0.29) is 30.2 Å². The highest BCUT2D eigenvalue weighted by molar-refractivity contribution is 8.02. The molecular formula is C35H41N3O5S. The lowest BCUT2D eigenvalue weighted by Crippen LogP contribution is -2.58. The number of likely N-dealkylation sites (tertiary alicyclic amines) is 1. The van der Waals surface area contributed by atoms with Crippen LogP contribution < -0.4 is 9.64 Å². The number of ether oxygens (including phenoxy) is 1. The van der Waals surface area contributed by atoms with Crippen LogP contribution in [0.15, 0.2) is 78.9 Å². The van der Waals surface area contributed by atoms with Crippen LogP contribution in [0.1, 0.15) is 32.8 Å². The second-order valence-corrected chi connectivity index (χ2v) is 14.3. The molecule has 9 heteroatoms. The van der Waals surface area contributed by atoms with Crippen molar-refractivity contribution in [3.8, 4) is 5.75 Å². The van der Waals surface area contributed by atoms with Crippen molar-refractivity contribution in [2.24, 2.45) is 17.8 Å². The van der Waals surface area contributed by atoms with E-state index in [4.69, 9.17) is 4.74 Å². The third kappa shape index (κ3) is 4.76. The van der Waals surface area contributed by atoms with Gasteiger partial charge in [-0.15, -0.1) is 11.8 Å². The van der Waals surface area contributed by atoms with Crippen molar-refractivity contribution in [2.75, 3.05) is 31.7 Å². The quantitative estimate of drug-likeness (QED) is 0.446. The third-order valence-corrected chi connectivity index (χ3v) is 11.8. The van der Waals surface area contributed by atoms with Crippen LogP contribution in [0.5, 0.6) is 5.75 Å². The number of methoxy groups -OCH3 is 1. The van der Waals surface area contributed by atoms with Gasteiger partial charge in [-0.3, -0.25) is 14.4 Å². The summed E-state index contributed by atoms with van der Waals surface area (Å²) in [4.78, 5) is 49.4. The number of hydrogen-bond acceptors (Lipinski definition) is 6. The van der Waals surface area contributed by atoms with E-state index in [2.05, 4.69) is 6.08 Å². The first-order valence-corrected chi connectivity index (χ1v) is 16.3. The zero-order valence-corrected chi connectivity index (χ0v) is 26.6. The Balaban J connectivity index is 1.46. The predicted octanol–water partition coefficient (Wildman–Crippen LogP) is 4.29. The van der Waals surface area contributed by atoms with E-state index in [0.717, 1.165) is 12.0 Å². The van der Waals surface area contributed by atoms with Gasteiger partial charge in [0, 0.05) is 30.1 Å².